The number of anilines is 1. The maximum atomic E-state index is 12.7. The van der Waals surface area contributed by atoms with Crippen molar-refractivity contribution in [2.45, 2.75) is 32.5 Å². The molecule has 0 fully saturated rings. The average Bonchev–Trinajstić information content (AvgIpc) is 2.96. The zero-order valence-corrected chi connectivity index (χ0v) is 16.0. The molecule has 0 aliphatic carbocycles. The first-order valence-electron chi connectivity index (χ1n) is 8.11. The van der Waals surface area contributed by atoms with Crippen molar-refractivity contribution in [3.63, 3.8) is 0 Å². The summed E-state index contributed by atoms with van der Waals surface area (Å²) in [5.41, 5.74) is 0.516. The zero-order valence-electron chi connectivity index (χ0n) is 15.2. The minimum absolute atomic E-state index is 0.0784. The molecule has 2 rings (SSSR count). The van der Waals surface area contributed by atoms with Crippen LogP contribution >= 0.6 is 11.6 Å². The fourth-order valence-electron chi connectivity index (χ4n) is 2.36. The Bertz CT molecular complexity index is 810. The van der Waals surface area contributed by atoms with E-state index < -0.39 is 23.8 Å². The quantitative estimate of drug-likeness (QED) is 0.609. The predicted octanol–water partition coefficient (Wildman–Crippen LogP) is 3.22. The number of carbonyl (C=O) groups excluding carboxylic acids is 2. The molecule has 1 aromatic carbocycles. The number of hydrogen-bond donors (Lipinski definition) is 2. The summed E-state index contributed by atoms with van der Waals surface area (Å²) < 4.78 is 11.4. The lowest BCUT2D eigenvalue weighted by Crippen LogP contribution is -2.29. The number of esters is 1. The van der Waals surface area contributed by atoms with Crippen LogP contribution in [0.25, 0.3) is 10.9 Å². The molecule has 7 nitrogen and oxygen atoms in total. The number of ether oxygens (including phenoxy) is 2. The van der Waals surface area contributed by atoms with Gasteiger partial charge in [0.15, 0.2) is 0 Å². The van der Waals surface area contributed by atoms with E-state index in [1.54, 1.807) is 45.0 Å². The second-order valence-corrected chi connectivity index (χ2v) is 7.11. The highest BCUT2D eigenvalue weighted by Crippen LogP contribution is 2.25. The maximum Gasteiger partial charge on any atom is 0.419 e. The van der Waals surface area contributed by atoms with Crippen molar-refractivity contribution in [3.05, 3.63) is 30.0 Å². The third kappa shape index (κ3) is 4.68. The van der Waals surface area contributed by atoms with Crippen molar-refractivity contribution in [2.24, 2.45) is 0 Å². The largest absolute Gasteiger partial charge is 0.464 e. The van der Waals surface area contributed by atoms with Crippen LogP contribution in [0, 0.1) is 0 Å². The summed E-state index contributed by atoms with van der Waals surface area (Å²) in [6.45, 7) is 5.49. The molecule has 0 saturated carbocycles. The molecule has 0 bridgehead atoms. The van der Waals surface area contributed by atoms with Crippen molar-refractivity contribution in [1.82, 2.24) is 4.57 Å². The Morgan fingerprint density at radius 2 is 2.00 bits per heavy atom. The monoisotopic (exact) mass is 382 g/mol. The maximum absolute atomic E-state index is 12.7. The molecule has 1 aromatic heterocycles. The number of halogens is 1. The number of aliphatic hydroxyl groups is 1. The van der Waals surface area contributed by atoms with Gasteiger partial charge >= 0.3 is 12.1 Å². The lowest BCUT2D eigenvalue weighted by molar-refractivity contribution is 0.0490. The van der Waals surface area contributed by atoms with E-state index in [2.05, 4.69) is 5.32 Å². The molecule has 0 saturated heterocycles. The fraction of sp³-hybridized carbons (Fsp3) is 0.444. The Hall–Kier alpha value is -2.25. The van der Waals surface area contributed by atoms with Crippen molar-refractivity contribution >= 4 is 40.3 Å². The van der Waals surface area contributed by atoms with E-state index in [9.17, 15) is 14.7 Å². The fourth-order valence-corrected chi connectivity index (χ4v) is 2.47. The van der Waals surface area contributed by atoms with Crippen LogP contribution in [0.3, 0.4) is 0 Å². The third-order valence-corrected chi connectivity index (χ3v) is 3.85. The molecule has 0 amide bonds. The second-order valence-electron chi connectivity index (χ2n) is 6.80. The summed E-state index contributed by atoms with van der Waals surface area (Å²) in [4.78, 5) is 24.8. The molecule has 2 aromatic rings. The Morgan fingerprint density at radius 3 is 2.58 bits per heavy atom. The number of benzene rings is 1. The summed E-state index contributed by atoms with van der Waals surface area (Å²) in [5.74, 6) is -0.533. The third-order valence-electron chi connectivity index (χ3n) is 3.49. The molecule has 0 spiro atoms. The smallest absolute Gasteiger partial charge is 0.419 e. The van der Waals surface area contributed by atoms with Crippen LogP contribution in [-0.2, 0) is 9.47 Å². The van der Waals surface area contributed by atoms with E-state index in [-0.39, 0.29) is 18.1 Å². The highest BCUT2D eigenvalue weighted by molar-refractivity contribution is 6.18. The Morgan fingerprint density at radius 1 is 1.31 bits per heavy atom. The van der Waals surface area contributed by atoms with Gasteiger partial charge in [0.1, 0.15) is 11.3 Å². The SMILES string of the molecule is COC(=O)c1cc2ccc(NCC(O)CCl)cc2n1C(=O)OC(C)(C)C. The van der Waals surface area contributed by atoms with E-state index in [0.29, 0.717) is 16.6 Å². The van der Waals surface area contributed by atoms with Crippen LogP contribution in [0.15, 0.2) is 24.3 Å². The average molecular weight is 383 g/mol. The number of rotatable bonds is 5. The van der Waals surface area contributed by atoms with Crippen LogP contribution in [0.4, 0.5) is 10.5 Å². The molecular weight excluding hydrogens is 360 g/mol. The van der Waals surface area contributed by atoms with Gasteiger partial charge < -0.3 is 19.9 Å². The molecule has 1 heterocycles. The van der Waals surface area contributed by atoms with Gasteiger partial charge in [-0.3, -0.25) is 0 Å². The summed E-state index contributed by atoms with van der Waals surface area (Å²) in [5, 5.41) is 13.3. The number of hydrogen-bond acceptors (Lipinski definition) is 6. The van der Waals surface area contributed by atoms with Crippen molar-refractivity contribution in [1.29, 1.82) is 0 Å². The normalized spacial score (nSPS) is 12.7. The van der Waals surface area contributed by atoms with Gasteiger partial charge in [-0.1, -0.05) is 6.07 Å². The van der Waals surface area contributed by atoms with Crippen molar-refractivity contribution in [3.8, 4) is 0 Å². The van der Waals surface area contributed by atoms with E-state index in [1.165, 1.54) is 11.7 Å². The highest BCUT2D eigenvalue weighted by Gasteiger charge is 2.25. The van der Waals surface area contributed by atoms with Gasteiger partial charge in [0, 0.05) is 17.6 Å². The molecule has 0 aliphatic heterocycles. The lowest BCUT2D eigenvalue weighted by atomic mass is 10.2. The van der Waals surface area contributed by atoms with Gasteiger partial charge in [-0.25, -0.2) is 14.2 Å². The van der Waals surface area contributed by atoms with Gasteiger partial charge in [-0.15, -0.1) is 11.6 Å². The number of methoxy groups -OCH3 is 1. The molecule has 1 unspecified atom stereocenters. The van der Waals surface area contributed by atoms with Crippen LogP contribution in [0.2, 0.25) is 0 Å². The Kier molecular flexibility index (Phi) is 6.15. The zero-order chi connectivity index (χ0) is 19.5. The minimum Gasteiger partial charge on any atom is -0.464 e. The molecular formula is C18H23ClN2O5. The number of alkyl halides is 1. The molecule has 1 atom stereocenters. The van der Waals surface area contributed by atoms with Gasteiger partial charge in [0.25, 0.3) is 0 Å². The van der Waals surface area contributed by atoms with Gasteiger partial charge in [-0.2, -0.15) is 0 Å². The van der Waals surface area contributed by atoms with Crippen LogP contribution in [0.5, 0.6) is 0 Å². The summed E-state index contributed by atoms with van der Waals surface area (Å²) in [6, 6.07) is 6.82. The number of fused-ring (bicyclic) bond motifs is 1. The van der Waals surface area contributed by atoms with Gasteiger partial charge in [0.2, 0.25) is 0 Å². The molecule has 8 heteroatoms. The molecule has 142 valence electrons. The second kappa shape index (κ2) is 7.97. The number of carbonyl (C=O) groups is 2. The first-order chi connectivity index (χ1) is 12.2. The standard InChI is InChI=1S/C18H23ClN2O5/c1-18(2,3)26-17(24)21-14-8-12(20-10-13(22)9-19)6-5-11(14)7-15(21)16(23)25-4/h5-8,13,20,22H,9-10H2,1-4H3. The summed E-state index contributed by atoms with van der Waals surface area (Å²) in [7, 11) is 1.25. The van der Waals surface area contributed by atoms with Crippen LogP contribution in [0.1, 0.15) is 31.3 Å². The number of aliphatic hydroxyl groups excluding tert-OH is 1. The predicted molar refractivity (Wildman–Crippen MR) is 100 cm³/mol. The van der Waals surface area contributed by atoms with Crippen LogP contribution in [-0.4, -0.2) is 53.0 Å². The number of nitrogens with one attached hydrogen (secondary N) is 1. The molecule has 0 radical (unpaired) electrons. The number of nitrogens with zero attached hydrogens (tertiary/aromatic N) is 1. The highest BCUT2D eigenvalue weighted by atomic mass is 35.5. The van der Waals surface area contributed by atoms with E-state index in [0.717, 1.165) is 0 Å². The lowest BCUT2D eigenvalue weighted by Gasteiger charge is -2.20. The molecule has 26 heavy (non-hydrogen) atoms. The topological polar surface area (TPSA) is 89.8 Å². The summed E-state index contributed by atoms with van der Waals surface area (Å²) >= 11 is 5.59. The molecule has 2 N–H and O–H groups in total. The van der Waals surface area contributed by atoms with E-state index in [4.69, 9.17) is 21.1 Å². The van der Waals surface area contributed by atoms with E-state index >= 15 is 0 Å². The van der Waals surface area contributed by atoms with E-state index in [1.807, 2.05) is 0 Å². The van der Waals surface area contributed by atoms with Crippen LogP contribution < -0.4 is 5.32 Å². The molecule has 0 aliphatic rings. The minimum atomic E-state index is -0.721. The van der Waals surface area contributed by atoms with Gasteiger partial charge in [0.05, 0.1) is 24.6 Å². The number of aromatic nitrogens is 1. The Balaban J connectivity index is 2.49. The summed E-state index contributed by atoms with van der Waals surface area (Å²) in [6.07, 6.45) is -1.37. The first-order valence-corrected chi connectivity index (χ1v) is 8.65. The van der Waals surface area contributed by atoms with Crippen molar-refractivity contribution in [2.75, 3.05) is 24.9 Å². The first kappa shape index (κ1) is 20.1. The van der Waals surface area contributed by atoms with Crippen molar-refractivity contribution < 1.29 is 24.2 Å². The van der Waals surface area contributed by atoms with Gasteiger partial charge in [-0.05, 0) is 39.0 Å². The Labute approximate surface area is 156 Å².